The molecule has 15 rings (SSSR count). The van der Waals surface area contributed by atoms with Crippen LogP contribution in [0.4, 0.5) is 28.4 Å². The number of pyridine rings is 5. The molecule has 10 heteroatoms. The number of aryl methyl sites for hydroxylation is 4. The Morgan fingerprint density at radius 1 is 0.224 bits per heavy atom. The summed E-state index contributed by atoms with van der Waals surface area (Å²) in [6, 6.07) is 107. The fourth-order valence-corrected chi connectivity index (χ4v) is 13.6. The standard InChI is InChI=1S/C27H32N2.2C21H20N2.C19H16N2.C18H14N2/c1-18(2)21-15-24(19(3)4)27(25(16-21)20(5)6)23-12-7-8-13-26(23)29-17-22-11-9-10-14-28-22;1-15-12-16(2)21(17(3)13-15)19-9-4-5-10-20(19)23-14-18-8-6-7-11-22-18;1-16(2)18-10-3-4-11-19(18)20-12-5-6-13-21(20)23-15-17-9-7-8-14-22-17;1-15-8-2-3-10-17(15)18-11-4-5-12-19(18)21-14-16-9-6-7-13-20-16;1-2-8-15(9-3-1)17-11-4-5-12-18(17)20-14-16-10-6-7-13-19-16/h7-20H,1-6H3;4-14H,1-3H3;3-16H,1-2H3;2-14H,1H3;1-14H. The van der Waals surface area contributed by atoms with E-state index in [1.165, 1.54) is 77.9 Å². The van der Waals surface area contributed by atoms with Gasteiger partial charge >= 0.3 is 0 Å². The Morgan fingerprint density at radius 2 is 0.509 bits per heavy atom. The molecule has 0 amide bonds. The Labute approximate surface area is 686 Å². The van der Waals surface area contributed by atoms with Crippen molar-refractivity contribution in [3.8, 4) is 55.6 Å². The van der Waals surface area contributed by atoms with Crippen LogP contribution in [-0.2, 0) is 0 Å². The summed E-state index contributed by atoms with van der Waals surface area (Å²) in [4.78, 5) is 44.8. The van der Waals surface area contributed by atoms with Gasteiger partial charge in [0.2, 0.25) is 0 Å². The van der Waals surface area contributed by atoms with Crippen molar-refractivity contribution >= 4 is 59.5 Å². The van der Waals surface area contributed by atoms with E-state index in [9.17, 15) is 0 Å². The molecule has 0 atom stereocenters. The van der Waals surface area contributed by atoms with Crippen molar-refractivity contribution in [3.05, 3.63) is 419 Å². The first-order valence-corrected chi connectivity index (χ1v) is 39.7. The molecule has 5 heterocycles. The highest BCUT2D eigenvalue weighted by Crippen LogP contribution is 2.44. The van der Waals surface area contributed by atoms with Crippen LogP contribution in [0, 0.1) is 27.7 Å². The summed E-state index contributed by atoms with van der Waals surface area (Å²) in [5.41, 5.74) is 31.8. The average Bonchev–Trinajstić information content (AvgIpc) is 0.790. The van der Waals surface area contributed by atoms with Gasteiger partial charge in [-0.3, -0.25) is 49.9 Å². The Kier molecular flexibility index (Phi) is 30.7. The van der Waals surface area contributed by atoms with Crippen LogP contribution < -0.4 is 0 Å². The Bertz CT molecular complexity index is 5700. The van der Waals surface area contributed by atoms with Gasteiger partial charge in [-0.1, -0.05) is 285 Å². The molecule has 0 aliphatic heterocycles. The van der Waals surface area contributed by atoms with Gasteiger partial charge in [0, 0.05) is 58.8 Å². The number of rotatable bonds is 19. The van der Waals surface area contributed by atoms with Crippen molar-refractivity contribution in [2.45, 2.75) is 107 Å². The Balaban J connectivity index is 0.000000143. The highest BCUT2D eigenvalue weighted by molar-refractivity contribution is 5.90. The van der Waals surface area contributed by atoms with E-state index in [2.05, 4.69) is 274 Å². The summed E-state index contributed by atoms with van der Waals surface area (Å²) in [5.74, 6) is 1.86. The average molecular weight is 1520 g/mol. The van der Waals surface area contributed by atoms with Crippen LogP contribution in [0.3, 0.4) is 0 Å². The van der Waals surface area contributed by atoms with E-state index in [0.717, 1.165) is 79.2 Å². The molecule has 10 aromatic carbocycles. The zero-order chi connectivity index (χ0) is 81.4. The van der Waals surface area contributed by atoms with Gasteiger partial charge in [-0.05, 0) is 209 Å². The van der Waals surface area contributed by atoms with Crippen LogP contribution in [0.15, 0.2) is 371 Å². The zero-order valence-corrected chi connectivity index (χ0v) is 68.6. The van der Waals surface area contributed by atoms with Gasteiger partial charge in [0.25, 0.3) is 0 Å². The van der Waals surface area contributed by atoms with Crippen molar-refractivity contribution in [3.63, 3.8) is 0 Å². The third kappa shape index (κ3) is 23.7. The molecule has 576 valence electrons. The number of benzene rings is 10. The van der Waals surface area contributed by atoms with E-state index < -0.39 is 0 Å². The second-order valence-electron chi connectivity index (χ2n) is 29.4. The largest absolute Gasteiger partial charge is 0.255 e. The molecule has 0 fully saturated rings. The van der Waals surface area contributed by atoms with Crippen LogP contribution in [0.2, 0.25) is 0 Å². The van der Waals surface area contributed by atoms with E-state index in [4.69, 9.17) is 4.99 Å². The lowest BCUT2D eigenvalue weighted by atomic mass is 9.81. The smallest absolute Gasteiger partial charge is 0.0812 e. The molecule has 5 aromatic heterocycles. The maximum atomic E-state index is 4.82. The minimum absolute atomic E-state index is 0.439. The number of nitrogens with zero attached hydrogens (tertiary/aromatic N) is 10. The van der Waals surface area contributed by atoms with Crippen molar-refractivity contribution in [2.24, 2.45) is 25.0 Å². The fourth-order valence-electron chi connectivity index (χ4n) is 13.6. The lowest BCUT2D eigenvalue weighted by Crippen LogP contribution is -2.03. The van der Waals surface area contributed by atoms with Gasteiger partial charge in [-0.15, -0.1) is 0 Å². The summed E-state index contributed by atoms with van der Waals surface area (Å²) < 4.78 is 0. The Hall–Kier alpha value is -13.7. The minimum atomic E-state index is 0.439. The number of hydrogen-bond acceptors (Lipinski definition) is 10. The van der Waals surface area contributed by atoms with Gasteiger partial charge < -0.3 is 0 Å². The predicted molar refractivity (Wildman–Crippen MR) is 492 cm³/mol. The quantitative estimate of drug-likeness (QED) is 0.0745. The van der Waals surface area contributed by atoms with E-state index in [0.29, 0.717) is 23.7 Å². The lowest BCUT2D eigenvalue weighted by Gasteiger charge is -2.24. The molecule has 0 saturated heterocycles. The molecule has 0 unspecified atom stereocenters. The van der Waals surface area contributed by atoms with Crippen molar-refractivity contribution in [2.75, 3.05) is 0 Å². The van der Waals surface area contributed by atoms with Gasteiger partial charge in [-0.25, -0.2) is 0 Å². The second kappa shape index (κ2) is 42.8. The van der Waals surface area contributed by atoms with Crippen molar-refractivity contribution in [1.29, 1.82) is 0 Å². The van der Waals surface area contributed by atoms with Crippen LogP contribution in [0.5, 0.6) is 0 Å². The number of para-hydroxylation sites is 5. The molecule has 0 aliphatic rings. The number of aromatic nitrogens is 5. The first kappa shape index (κ1) is 83.2. The third-order valence-electron chi connectivity index (χ3n) is 19.4. The van der Waals surface area contributed by atoms with E-state index >= 15 is 0 Å². The molecule has 15 aromatic rings. The van der Waals surface area contributed by atoms with Crippen LogP contribution in [0.1, 0.15) is 152 Å². The normalized spacial score (nSPS) is 11.2. The monoisotopic (exact) mass is 1510 g/mol. The SMILES string of the molecule is C(=Nc1ccccc1-c1ccccc1)c1ccccn1.CC(C)c1cc(C(C)C)c(-c2ccccc2N=Cc2ccccn2)c(C(C)C)c1.CC(C)c1ccccc1-c1ccccc1N=Cc1ccccn1.Cc1cc(C)c(-c2ccccc2N=Cc2ccccn2)c(C)c1.Cc1ccccc1-c1ccccc1N=Cc1ccccn1. The summed E-state index contributed by atoms with van der Waals surface area (Å²) in [6.07, 6.45) is 18.0. The molecule has 0 spiro atoms. The van der Waals surface area contributed by atoms with Gasteiger partial charge in [0.05, 0.1) is 88.0 Å². The van der Waals surface area contributed by atoms with Crippen LogP contribution in [0.25, 0.3) is 55.6 Å². The summed E-state index contributed by atoms with van der Waals surface area (Å²) in [6.45, 7) is 26.7. The number of hydrogen-bond donors (Lipinski definition) is 0. The Morgan fingerprint density at radius 3 is 0.862 bits per heavy atom. The van der Waals surface area contributed by atoms with Gasteiger partial charge in [-0.2, -0.15) is 0 Å². The molecule has 0 aliphatic carbocycles. The first-order valence-electron chi connectivity index (χ1n) is 39.7. The third-order valence-corrected chi connectivity index (χ3v) is 19.4. The molecule has 0 N–H and O–H groups in total. The molecule has 0 radical (unpaired) electrons. The predicted octanol–water partition coefficient (Wildman–Crippen LogP) is 28.2. The first-order chi connectivity index (χ1) is 56.6. The maximum Gasteiger partial charge on any atom is 0.0812 e. The van der Waals surface area contributed by atoms with Crippen LogP contribution >= 0.6 is 0 Å². The van der Waals surface area contributed by atoms with Gasteiger partial charge in [0.1, 0.15) is 0 Å². The van der Waals surface area contributed by atoms with Gasteiger partial charge in [0.15, 0.2) is 0 Å². The van der Waals surface area contributed by atoms with E-state index in [1.807, 2.05) is 189 Å². The fraction of sp³-hybridized carbons (Fsp3) is 0.151. The van der Waals surface area contributed by atoms with Crippen LogP contribution in [-0.4, -0.2) is 56.0 Å². The van der Waals surface area contributed by atoms with Crippen molar-refractivity contribution in [1.82, 2.24) is 24.9 Å². The molecule has 0 bridgehead atoms. The topological polar surface area (TPSA) is 126 Å². The maximum absolute atomic E-state index is 4.82. The zero-order valence-electron chi connectivity index (χ0n) is 68.6. The summed E-state index contributed by atoms with van der Waals surface area (Å²) in [7, 11) is 0. The summed E-state index contributed by atoms with van der Waals surface area (Å²) in [5, 5.41) is 0. The molecular formula is C106H102N10. The minimum Gasteiger partial charge on any atom is -0.255 e. The number of aliphatic imine (C=N–C) groups is 5. The van der Waals surface area contributed by atoms with Crippen molar-refractivity contribution < 1.29 is 0 Å². The molecular weight excluding hydrogens is 1410 g/mol. The van der Waals surface area contributed by atoms with E-state index in [-0.39, 0.29) is 0 Å². The summed E-state index contributed by atoms with van der Waals surface area (Å²) >= 11 is 0. The highest BCUT2D eigenvalue weighted by atomic mass is 14.8. The molecule has 0 saturated carbocycles. The molecule has 116 heavy (non-hydrogen) atoms. The van der Waals surface area contributed by atoms with E-state index in [1.54, 1.807) is 43.4 Å². The lowest BCUT2D eigenvalue weighted by molar-refractivity contribution is 0.807. The second-order valence-corrected chi connectivity index (χ2v) is 29.4. The molecule has 10 nitrogen and oxygen atoms in total. The highest BCUT2D eigenvalue weighted by Gasteiger charge is 2.21.